The molecule has 11 heteroatoms. The molecule has 0 aliphatic heterocycles. The second-order valence-electron chi connectivity index (χ2n) is 7.43. The monoisotopic (exact) mass is 447 g/mol. The first-order valence-corrected chi connectivity index (χ1v) is 10.0. The number of carbonyl (C=O) groups excluding carboxylic acids is 2. The number of aromatic nitrogens is 2. The molecule has 0 spiro atoms. The van der Waals surface area contributed by atoms with Gasteiger partial charge in [-0.2, -0.15) is 0 Å². The molecule has 1 heterocycles. The Balaban J connectivity index is 2.39. The van der Waals surface area contributed by atoms with Crippen molar-refractivity contribution in [3.05, 3.63) is 50.7 Å². The normalized spacial score (nSPS) is 10.8. The van der Waals surface area contributed by atoms with Crippen molar-refractivity contribution in [2.24, 2.45) is 5.92 Å². The smallest absolute Gasteiger partial charge is 0.339 e. The Bertz CT molecular complexity index is 1080. The fraction of sp³-hybridized carbons (Fsp3) is 0.429. The highest BCUT2D eigenvalue weighted by atomic mass is 16.5. The summed E-state index contributed by atoms with van der Waals surface area (Å²) in [5.41, 5.74) is 5.27. The van der Waals surface area contributed by atoms with Gasteiger partial charge in [-0.25, -0.2) is 9.59 Å². The number of hydrogen-bond acceptors (Lipinski definition) is 8. The summed E-state index contributed by atoms with van der Waals surface area (Å²) in [7, 11) is 2.72. The summed E-state index contributed by atoms with van der Waals surface area (Å²) in [4.78, 5) is 53.3. The van der Waals surface area contributed by atoms with E-state index in [9.17, 15) is 19.2 Å². The van der Waals surface area contributed by atoms with Gasteiger partial charge >= 0.3 is 11.7 Å². The first kappa shape index (κ1) is 24.7. The molecule has 0 saturated carbocycles. The predicted molar refractivity (Wildman–Crippen MR) is 121 cm³/mol. The summed E-state index contributed by atoms with van der Waals surface area (Å²) < 4.78 is 11.1. The molecular formula is C21H29N5O6. The lowest BCUT2D eigenvalue weighted by molar-refractivity contribution is -0.117. The van der Waals surface area contributed by atoms with Crippen LogP contribution in [0, 0.1) is 5.92 Å². The van der Waals surface area contributed by atoms with E-state index in [1.54, 1.807) is 24.3 Å². The van der Waals surface area contributed by atoms with Crippen molar-refractivity contribution in [3.8, 4) is 0 Å². The van der Waals surface area contributed by atoms with Crippen LogP contribution in [0.4, 0.5) is 17.2 Å². The minimum atomic E-state index is -0.771. The van der Waals surface area contributed by atoms with Gasteiger partial charge in [-0.3, -0.25) is 19.1 Å². The van der Waals surface area contributed by atoms with E-state index in [1.807, 2.05) is 13.8 Å². The number of nitrogens with one attached hydrogen (secondary N) is 2. The van der Waals surface area contributed by atoms with E-state index in [0.717, 1.165) is 0 Å². The van der Waals surface area contributed by atoms with Gasteiger partial charge in [0.25, 0.3) is 5.56 Å². The highest BCUT2D eigenvalue weighted by molar-refractivity contribution is 6.00. The summed E-state index contributed by atoms with van der Waals surface area (Å²) in [6, 6.07) is 6.56. The maximum atomic E-state index is 13.1. The SMILES string of the molecule is COCCN(C(=O)CNc1ccccc1C(=O)OC)c1c(N)n(CC(C)C)c(=O)[nH]c1=O. The number of para-hydroxylation sites is 1. The summed E-state index contributed by atoms with van der Waals surface area (Å²) in [5, 5.41) is 2.90. The van der Waals surface area contributed by atoms with Gasteiger partial charge in [-0.15, -0.1) is 0 Å². The number of nitrogen functional groups attached to an aromatic ring is 1. The van der Waals surface area contributed by atoms with Crippen LogP contribution < -0.4 is 27.2 Å². The zero-order valence-electron chi connectivity index (χ0n) is 18.6. The van der Waals surface area contributed by atoms with Crippen LogP contribution in [-0.2, 0) is 20.8 Å². The fourth-order valence-electron chi connectivity index (χ4n) is 3.12. The number of benzene rings is 1. The Labute approximate surface area is 185 Å². The Hall–Kier alpha value is -3.60. The standard InChI is InChI=1S/C21H29N5O6/c1-13(2)12-26-18(22)17(19(28)24-21(26)30)25(9-10-31-3)16(27)11-23-15-8-6-5-7-14(15)20(29)32-4/h5-8,13,23H,9-12,22H2,1-4H3,(H,24,28,30). The van der Waals surface area contributed by atoms with E-state index >= 15 is 0 Å². The lowest BCUT2D eigenvalue weighted by atomic mass is 10.2. The third-order valence-corrected chi connectivity index (χ3v) is 4.61. The summed E-state index contributed by atoms with van der Waals surface area (Å²) >= 11 is 0. The number of nitrogens with two attached hydrogens (primary N) is 1. The fourth-order valence-corrected chi connectivity index (χ4v) is 3.12. The Morgan fingerprint density at radius 3 is 2.53 bits per heavy atom. The number of ether oxygens (including phenoxy) is 2. The average molecular weight is 447 g/mol. The largest absolute Gasteiger partial charge is 0.465 e. The van der Waals surface area contributed by atoms with Crippen LogP contribution in [0.5, 0.6) is 0 Å². The molecule has 174 valence electrons. The molecule has 1 amide bonds. The molecular weight excluding hydrogens is 418 g/mol. The second-order valence-corrected chi connectivity index (χ2v) is 7.43. The van der Waals surface area contributed by atoms with E-state index in [1.165, 1.54) is 23.7 Å². The maximum absolute atomic E-state index is 13.1. The van der Waals surface area contributed by atoms with Gasteiger partial charge < -0.3 is 25.4 Å². The predicted octanol–water partition coefficient (Wildman–Crippen LogP) is 0.653. The van der Waals surface area contributed by atoms with Crippen molar-refractivity contribution >= 4 is 29.1 Å². The molecule has 2 rings (SSSR count). The number of amides is 1. The van der Waals surface area contributed by atoms with Crippen LogP contribution in [0.25, 0.3) is 0 Å². The first-order valence-electron chi connectivity index (χ1n) is 10.0. The van der Waals surface area contributed by atoms with Crippen molar-refractivity contribution in [3.63, 3.8) is 0 Å². The molecule has 0 atom stereocenters. The number of carbonyl (C=O) groups is 2. The van der Waals surface area contributed by atoms with Gasteiger partial charge in [0.2, 0.25) is 5.91 Å². The van der Waals surface area contributed by atoms with Crippen LogP contribution >= 0.6 is 0 Å². The molecule has 0 radical (unpaired) electrons. The first-order chi connectivity index (χ1) is 15.2. The van der Waals surface area contributed by atoms with Gasteiger partial charge in [0.15, 0.2) is 5.69 Å². The third-order valence-electron chi connectivity index (χ3n) is 4.61. The summed E-state index contributed by atoms with van der Waals surface area (Å²) in [6.07, 6.45) is 0. The van der Waals surface area contributed by atoms with Gasteiger partial charge in [-0.1, -0.05) is 26.0 Å². The van der Waals surface area contributed by atoms with Crippen LogP contribution in [0.15, 0.2) is 33.9 Å². The van der Waals surface area contributed by atoms with Crippen molar-refractivity contribution in [1.82, 2.24) is 9.55 Å². The maximum Gasteiger partial charge on any atom is 0.339 e. The van der Waals surface area contributed by atoms with E-state index < -0.39 is 23.1 Å². The van der Waals surface area contributed by atoms with E-state index in [0.29, 0.717) is 5.69 Å². The van der Waals surface area contributed by atoms with E-state index in [-0.39, 0.29) is 49.2 Å². The minimum absolute atomic E-state index is 0.0306. The zero-order chi connectivity index (χ0) is 23.8. The van der Waals surface area contributed by atoms with Crippen molar-refractivity contribution in [2.45, 2.75) is 20.4 Å². The molecule has 0 aliphatic rings. The number of esters is 1. The minimum Gasteiger partial charge on any atom is -0.465 e. The summed E-state index contributed by atoms with van der Waals surface area (Å²) in [5.74, 6) is -1.09. The Morgan fingerprint density at radius 2 is 1.91 bits per heavy atom. The molecule has 0 saturated heterocycles. The Kier molecular flexibility index (Phi) is 8.59. The highest BCUT2D eigenvalue weighted by Gasteiger charge is 2.24. The number of nitrogens with zero attached hydrogens (tertiary/aromatic N) is 2. The van der Waals surface area contributed by atoms with Gasteiger partial charge in [0.05, 0.1) is 25.8 Å². The molecule has 32 heavy (non-hydrogen) atoms. The molecule has 11 nitrogen and oxygen atoms in total. The lowest BCUT2D eigenvalue weighted by Gasteiger charge is -2.25. The van der Waals surface area contributed by atoms with Gasteiger partial charge in [0.1, 0.15) is 5.82 Å². The molecule has 2 aromatic rings. The number of rotatable bonds is 10. The third kappa shape index (κ3) is 5.76. The van der Waals surface area contributed by atoms with Crippen LogP contribution in [0.2, 0.25) is 0 Å². The van der Waals surface area contributed by atoms with E-state index in [4.69, 9.17) is 15.2 Å². The van der Waals surface area contributed by atoms with Crippen molar-refractivity contribution in [2.75, 3.05) is 49.9 Å². The Morgan fingerprint density at radius 1 is 1.22 bits per heavy atom. The van der Waals surface area contributed by atoms with Crippen molar-refractivity contribution < 1.29 is 19.1 Å². The van der Waals surface area contributed by atoms with Crippen molar-refractivity contribution in [1.29, 1.82) is 0 Å². The topological polar surface area (TPSA) is 149 Å². The molecule has 1 aromatic heterocycles. The number of hydrogen-bond donors (Lipinski definition) is 3. The lowest BCUT2D eigenvalue weighted by Crippen LogP contribution is -2.44. The average Bonchev–Trinajstić information content (AvgIpc) is 2.76. The van der Waals surface area contributed by atoms with Crippen LogP contribution in [0.3, 0.4) is 0 Å². The highest BCUT2D eigenvalue weighted by Crippen LogP contribution is 2.19. The molecule has 0 fully saturated rings. The molecule has 0 aliphatic carbocycles. The zero-order valence-corrected chi connectivity index (χ0v) is 18.6. The van der Waals surface area contributed by atoms with Crippen LogP contribution in [-0.4, -0.2) is 55.3 Å². The quantitative estimate of drug-likeness (QED) is 0.450. The molecule has 0 unspecified atom stereocenters. The number of methoxy groups -OCH3 is 2. The number of anilines is 3. The molecule has 4 N–H and O–H groups in total. The van der Waals surface area contributed by atoms with E-state index in [2.05, 4.69) is 10.3 Å². The second kappa shape index (κ2) is 11.1. The summed E-state index contributed by atoms with van der Waals surface area (Å²) in [6.45, 7) is 3.97. The molecule has 0 bridgehead atoms. The van der Waals surface area contributed by atoms with Crippen LogP contribution in [0.1, 0.15) is 24.2 Å². The molecule has 1 aromatic carbocycles. The van der Waals surface area contributed by atoms with Gasteiger partial charge in [-0.05, 0) is 18.1 Å². The number of H-pyrrole nitrogens is 1. The van der Waals surface area contributed by atoms with Gasteiger partial charge in [0, 0.05) is 25.9 Å². The number of aromatic amines is 1.